The van der Waals surface area contributed by atoms with Crippen LogP contribution in [0.5, 0.6) is 11.5 Å². The van der Waals surface area contributed by atoms with Crippen LogP contribution >= 0.6 is 24.0 Å². The van der Waals surface area contributed by atoms with Crippen molar-refractivity contribution < 1.29 is 14.3 Å². The molecule has 2 rings (SSSR count). The lowest BCUT2D eigenvalue weighted by Gasteiger charge is -2.13. The molecule has 0 bridgehead atoms. The van der Waals surface area contributed by atoms with Crippen molar-refractivity contribution in [2.75, 3.05) is 33.9 Å². The Hall–Kier alpha value is -2.49. The van der Waals surface area contributed by atoms with Gasteiger partial charge in [0, 0.05) is 13.6 Å². The molecule has 7 nitrogen and oxygen atoms in total. The number of carbonyl (C=O) groups is 1. The molecule has 0 heterocycles. The summed E-state index contributed by atoms with van der Waals surface area (Å²) in [5.41, 5.74) is 2.20. The number of methoxy groups -OCH3 is 1. The number of guanidine groups is 1. The molecule has 0 aliphatic heterocycles. The minimum Gasteiger partial charge on any atom is -0.497 e. The lowest BCUT2D eigenvalue weighted by atomic mass is 10.2. The van der Waals surface area contributed by atoms with Gasteiger partial charge in [-0.25, -0.2) is 0 Å². The summed E-state index contributed by atoms with van der Waals surface area (Å²) in [6, 6.07) is 15.5. The molecule has 0 aliphatic rings. The van der Waals surface area contributed by atoms with Crippen LogP contribution in [-0.4, -0.2) is 45.7 Å². The van der Waals surface area contributed by atoms with Crippen molar-refractivity contribution in [3.8, 4) is 11.5 Å². The molecule has 0 fully saturated rings. The van der Waals surface area contributed by atoms with Gasteiger partial charge in [-0.1, -0.05) is 29.8 Å². The van der Waals surface area contributed by atoms with E-state index >= 15 is 0 Å². The average Bonchev–Trinajstić information content (AvgIpc) is 2.73. The second-order valence-electron chi connectivity index (χ2n) is 6.14. The highest BCUT2D eigenvalue weighted by molar-refractivity contribution is 14.0. The van der Waals surface area contributed by atoms with Crippen molar-refractivity contribution in [2.24, 2.45) is 4.99 Å². The van der Waals surface area contributed by atoms with Crippen molar-refractivity contribution in [1.82, 2.24) is 16.0 Å². The Morgan fingerprint density at radius 1 is 0.966 bits per heavy atom. The van der Waals surface area contributed by atoms with Crippen molar-refractivity contribution in [2.45, 2.75) is 13.5 Å². The minimum atomic E-state index is -0.116. The molecule has 0 saturated carbocycles. The first-order valence-corrected chi connectivity index (χ1v) is 9.14. The molecule has 0 unspecified atom stereocenters. The summed E-state index contributed by atoms with van der Waals surface area (Å²) < 4.78 is 10.8. The number of benzene rings is 2. The summed E-state index contributed by atoms with van der Waals surface area (Å²) in [6.07, 6.45) is 0. The van der Waals surface area contributed by atoms with Gasteiger partial charge < -0.3 is 25.4 Å². The number of amides is 1. The summed E-state index contributed by atoms with van der Waals surface area (Å²) in [6.45, 7) is 3.69. The molecule has 1 amide bonds. The molecule has 3 N–H and O–H groups in total. The molecule has 8 heteroatoms. The Morgan fingerprint density at radius 3 is 2.24 bits per heavy atom. The van der Waals surface area contributed by atoms with Crippen LogP contribution in [0.4, 0.5) is 0 Å². The van der Waals surface area contributed by atoms with E-state index in [2.05, 4.69) is 20.9 Å². The third-order valence-corrected chi connectivity index (χ3v) is 3.97. The Balaban J connectivity index is 0.00000420. The first-order chi connectivity index (χ1) is 13.6. The lowest BCUT2D eigenvalue weighted by Crippen LogP contribution is -2.44. The van der Waals surface area contributed by atoms with Crippen molar-refractivity contribution in [1.29, 1.82) is 0 Å². The van der Waals surface area contributed by atoms with Crippen molar-refractivity contribution in [3.63, 3.8) is 0 Å². The fourth-order valence-corrected chi connectivity index (χ4v) is 2.36. The quantitative estimate of drug-likeness (QED) is 0.208. The number of nitrogens with zero attached hydrogens (tertiary/aromatic N) is 1. The van der Waals surface area contributed by atoms with Gasteiger partial charge in [-0.15, -0.1) is 24.0 Å². The van der Waals surface area contributed by atoms with Gasteiger partial charge in [0.15, 0.2) is 5.96 Å². The zero-order valence-electron chi connectivity index (χ0n) is 17.0. The van der Waals surface area contributed by atoms with E-state index in [0.29, 0.717) is 25.7 Å². The maximum Gasteiger partial charge on any atom is 0.239 e. The van der Waals surface area contributed by atoms with Gasteiger partial charge in [0.2, 0.25) is 5.91 Å². The van der Waals surface area contributed by atoms with Gasteiger partial charge in [0.25, 0.3) is 0 Å². The monoisotopic (exact) mass is 512 g/mol. The number of aliphatic imine (C=N–C) groups is 1. The van der Waals surface area contributed by atoms with E-state index in [1.807, 2.05) is 55.5 Å². The Labute approximate surface area is 189 Å². The standard InChI is InChI=1S/C21H28N4O3.HI/c1-16-4-8-19(9-5-16)28-13-12-23-21(22-2)25-15-20(26)24-14-17-6-10-18(27-3)11-7-17;/h4-11H,12-15H2,1-3H3,(H,24,26)(H2,22,23,25);1H. The van der Waals surface area contributed by atoms with E-state index in [1.54, 1.807) is 14.2 Å². The number of halogens is 1. The summed E-state index contributed by atoms with van der Waals surface area (Å²) in [5.74, 6) is 2.05. The smallest absolute Gasteiger partial charge is 0.239 e. The van der Waals surface area contributed by atoms with Gasteiger partial charge in [-0.2, -0.15) is 0 Å². The second kappa shape index (κ2) is 13.6. The fourth-order valence-electron chi connectivity index (χ4n) is 2.36. The molecule has 0 aliphatic carbocycles. The topological polar surface area (TPSA) is 84.0 Å². The van der Waals surface area contributed by atoms with Crippen molar-refractivity contribution >= 4 is 35.8 Å². The van der Waals surface area contributed by atoms with Crippen LogP contribution < -0.4 is 25.4 Å². The average molecular weight is 512 g/mol. The number of aryl methyl sites for hydroxylation is 1. The number of hydrogen-bond acceptors (Lipinski definition) is 4. The number of hydrogen-bond donors (Lipinski definition) is 3. The second-order valence-corrected chi connectivity index (χ2v) is 6.14. The number of nitrogens with one attached hydrogen (secondary N) is 3. The van der Waals surface area contributed by atoms with Crippen LogP contribution in [0.15, 0.2) is 53.5 Å². The van der Waals surface area contributed by atoms with Crippen LogP contribution in [0.2, 0.25) is 0 Å². The molecule has 0 radical (unpaired) electrons. The van der Waals surface area contributed by atoms with Crippen LogP contribution in [-0.2, 0) is 11.3 Å². The number of ether oxygens (including phenoxy) is 2. The number of carbonyl (C=O) groups excluding carboxylic acids is 1. The Bertz CT molecular complexity index is 765. The molecule has 29 heavy (non-hydrogen) atoms. The van der Waals surface area contributed by atoms with E-state index in [0.717, 1.165) is 17.1 Å². The van der Waals surface area contributed by atoms with E-state index in [1.165, 1.54) is 5.56 Å². The number of rotatable bonds is 9. The van der Waals surface area contributed by atoms with Gasteiger partial charge in [0.1, 0.15) is 18.1 Å². The van der Waals surface area contributed by atoms with Gasteiger partial charge in [-0.05, 0) is 36.8 Å². The molecule has 0 atom stereocenters. The Morgan fingerprint density at radius 2 is 1.62 bits per heavy atom. The predicted molar refractivity (Wildman–Crippen MR) is 126 cm³/mol. The highest BCUT2D eigenvalue weighted by Gasteiger charge is 2.04. The van der Waals surface area contributed by atoms with Crippen LogP contribution in [0.3, 0.4) is 0 Å². The van der Waals surface area contributed by atoms with E-state index in [-0.39, 0.29) is 36.4 Å². The molecule has 0 spiro atoms. The zero-order valence-corrected chi connectivity index (χ0v) is 19.4. The van der Waals surface area contributed by atoms with Crippen molar-refractivity contribution in [3.05, 3.63) is 59.7 Å². The largest absolute Gasteiger partial charge is 0.497 e. The summed E-state index contributed by atoms with van der Waals surface area (Å²) in [7, 11) is 3.28. The first kappa shape index (κ1) is 24.5. The molecular weight excluding hydrogens is 483 g/mol. The van der Waals surface area contributed by atoms with E-state index in [9.17, 15) is 4.79 Å². The maximum absolute atomic E-state index is 12.0. The highest BCUT2D eigenvalue weighted by Crippen LogP contribution is 2.11. The summed E-state index contributed by atoms with van der Waals surface area (Å²) in [5, 5.41) is 8.95. The molecule has 2 aromatic rings. The molecule has 2 aromatic carbocycles. The summed E-state index contributed by atoms with van der Waals surface area (Å²) >= 11 is 0. The SMILES string of the molecule is CN=C(NCCOc1ccc(C)cc1)NCC(=O)NCc1ccc(OC)cc1.I. The van der Waals surface area contributed by atoms with Gasteiger partial charge >= 0.3 is 0 Å². The van der Waals surface area contributed by atoms with E-state index in [4.69, 9.17) is 9.47 Å². The first-order valence-electron chi connectivity index (χ1n) is 9.14. The predicted octanol–water partition coefficient (Wildman–Crippen LogP) is 2.48. The highest BCUT2D eigenvalue weighted by atomic mass is 127. The van der Waals surface area contributed by atoms with Crippen LogP contribution in [0, 0.1) is 6.92 Å². The zero-order chi connectivity index (χ0) is 20.2. The normalized spacial score (nSPS) is 10.5. The molecule has 0 saturated heterocycles. The molecule has 158 valence electrons. The molecule has 0 aromatic heterocycles. The third-order valence-electron chi connectivity index (χ3n) is 3.97. The van der Waals surface area contributed by atoms with E-state index < -0.39 is 0 Å². The third kappa shape index (κ3) is 9.51. The van der Waals surface area contributed by atoms with Crippen LogP contribution in [0.1, 0.15) is 11.1 Å². The minimum absolute atomic E-state index is 0. The van der Waals surface area contributed by atoms with Crippen LogP contribution in [0.25, 0.3) is 0 Å². The van der Waals surface area contributed by atoms with Gasteiger partial charge in [0.05, 0.1) is 20.2 Å². The Kier molecular flexibility index (Phi) is 11.6. The maximum atomic E-state index is 12.0. The lowest BCUT2D eigenvalue weighted by molar-refractivity contribution is -0.120. The molecular formula is C21H29IN4O3. The fraction of sp³-hybridized carbons (Fsp3) is 0.333. The summed E-state index contributed by atoms with van der Waals surface area (Å²) in [4.78, 5) is 16.1. The van der Waals surface area contributed by atoms with Gasteiger partial charge in [-0.3, -0.25) is 9.79 Å².